The van der Waals surface area contributed by atoms with E-state index in [9.17, 15) is 9.59 Å². The van der Waals surface area contributed by atoms with E-state index in [2.05, 4.69) is 11.1 Å². The number of fused-ring (bicyclic) bond motifs is 1. The summed E-state index contributed by atoms with van der Waals surface area (Å²) in [5, 5.41) is 0. The van der Waals surface area contributed by atoms with E-state index in [1.54, 1.807) is 25.1 Å². The molecule has 1 saturated heterocycles. The van der Waals surface area contributed by atoms with Gasteiger partial charge >= 0.3 is 0 Å². The van der Waals surface area contributed by atoms with E-state index < -0.39 is 0 Å². The van der Waals surface area contributed by atoms with Crippen molar-refractivity contribution < 1.29 is 14.3 Å². The molecular formula is C24H29N3O3. The van der Waals surface area contributed by atoms with Crippen molar-refractivity contribution in [2.24, 2.45) is 0 Å². The van der Waals surface area contributed by atoms with Crippen LogP contribution >= 0.6 is 0 Å². The van der Waals surface area contributed by atoms with Gasteiger partial charge in [0.05, 0.1) is 0 Å². The van der Waals surface area contributed by atoms with Gasteiger partial charge in [-0.25, -0.2) is 4.98 Å². The van der Waals surface area contributed by atoms with Crippen molar-refractivity contribution in [3.8, 4) is 5.75 Å². The van der Waals surface area contributed by atoms with Crippen LogP contribution in [-0.2, 0) is 4.79 Å². The second-order valence-corrected chi connectivity index (χ2v) is 8.67. The number of carbonyl (C=O) groups is 2. The van der Waals surface area contributed by atoms with Crippen molar-refractivity contribution in [1.82, 2.24) is 14.8 Å². The van der Waals surface area contributed by atoms with Crippen LogP contribution in [0.3, 0.4) is 0 Å². The predicted molar refractivity (Wildman–Crippen MR) is 115 cm³/mol. The molecule has 0 N–H and O–H groups in total. The van der Waals surface area contributed by atoms with Crippen LogP contribution in [0.25, 0.3) is 0 Å². The van der Waals surface area contributed by atoms with Crippen LogP contribution in [0.2, 0.25) is 0 Å². The van der Waals surface area contributed by atoms with Gasteiger partial charge in [-0.05, 0) is 37.1 Å². The first-order valence-electron chi connectivity index (χ1n) is 10.6. The molecule has 30 heavy (non-hydrogen) atoms. The largest absolute Gasteiger partial charge is 0.487 e. The van der Waals surface area contributed by atoms with Crippen LogP contribution in [-0.4, -0.2) is 59.4 Å². The van der Waals surface area contributed by atoms with Crippen LogP contribution in [0.15, 0.2) is 42.5 Å². The molecule has 2 aromatic rings. The zero-order valence-corrected chi connectivity index (χ0v) is 17.9. The number of amides is 2. The zero-order valence-electron chi connectivity index (χ0n) is 17.9. The quantitative estimate of drug-likeness (QED) is 0.782. The van der Waals surface area contributed by atoms with Crippen LogP contribution < -0.4 is 4.74 Å². The first-order chi connectivity index (χ1) is 14.4. The maximum atomic E-state index is 12.9. The van der Waals surface area contributed by atoms with Gasteiger partial charge in [-0.15, -0.1) is 0 Å². The third-order valence-corrected chi connectivity index (χ3v) is 6.29. The molecule has 1 atom stereocenters. The Morgan fingerprint density at radius 3 is 2.57 bits per heavy atom. The van der Waals surface area contributed by atoms with Crippen molar-refractivity contribution in [2.75, 3.05) is 27.2 Å². The van der Waals surface area contributed by atoms with Gasteiger partial charge < -0.3 is 14.5 Å². The second-order valence-electron chi connectivity index (χ2n) is 8.67. The molecule has 2 aliphatic rings. The Labute approximate surface area is 177 Å². The summed E-state index contributed by atoms with van der Waals surface area (Å²) in [5.74, 6) is 1.11. The molecule has 0 saturated carbocycles. The van der Waals surface area contributed by atoms with Gasteiger partial charge in [-0.2, -0.15) is 0 Å². The highest BCUT2D eigenvalue weighted by molar-refractivity contribution is 5.92. The smallest absolute Gasteiger partial charge is 0.272 e. The van der Waals surface area contributed by atoms with Gasteiger partial charge in [0, 0.05) is 58.1 Å². The molecule has 1 spiro atoms. The number of hydrogen-bond acceptors (Lipinski definition) is 4. The summed E-state index contributed by atoms with van der Waals surface area (Å²) in [6.45, 7) is 3.15. The van der Waals surface area contributed by atoms with Crippen molar-refractivity contribution in [3.05, 3.63) is 59.4 Å². The molecule has 6 nitrogen and oxygen atoms in total. The Morgan fingerprint density at radius 2 is 1.87 bits per heavy atom. The fourth-order valence-corrected chi connectivity index (χ4v) is 4.57. The first kappa shape index (κ1) is 20.4. The predicted octanol–water partition coefficient (Wildman–Crippen LogP) is 3.41. The molecule has 2 aliphatic heterocycles. The average Bonchev–Trinajstić information content (AvgIpc) is 2.73. The minimum absolute atomic E-state index is 0.0240. The number of nitrogens with zero attached hydrogens (tertiary/aromatic N) is 3. The van der Waals surface area contributed by atoms with Crippen LogP contribution in [0.1, 0.15) is 53.3 Å². The Bertz CT molecular complexity index is 948. The lowest BCUT2D eigenvalue weighted by Gasteiger charge is -2.47. The molecule has 1 fully saturated rings. The SMILES string of the molecule is Cc1cccc(C(=O)N2CCC3(CC2)C[C@H](CC(=O)N(C)C)c2ccccc2O3)n1. The van der Waals surface area contributed by atoms with Crippen LogP contribution in [0.5, 0.6) is 5.75 Å². The molecule has 0 radical (unpaired) electrons. The minimum atomic E-state index is -0.331. The summed E-state index contributed by atoms with van der Waals surface area (Å²) in [6.07, 6.45) is 2.79. The maximum absolute atomic E-state index is 12.9. The van der Waals surface area contributed by atoms with Crippen molar-refractivity contribution in [2.45, 2.75) is 44.1 Å². The molecule has 158 valence electrons. The number of piperidine rings is 1. The molecule has 1 aromatic carbocycles. The monoisotopic (exact) mass is 407 g/mol. The van der Waals surface area contributed by atoms with E-state index in [0.717, 1.165) is 36.3 Å². The van der Waals surface area contributed by atoms with E-state index in [1.165, 1.54) is 0 Å². The van der Waals surface area contributed by atoms with Crippen molar-refractivity contribution >= 4 is 11.8 Å². The van der Waals surface area contributed by atoms with E-state index in [-0.39, 0.29) is 23.3 Å². The normalized spacial score (nSPS) is 19.7. The number of benzene rings is 1. The first-order valence-corrected chi connectivity index (χ1v) is 10.6. The molecule has 3 heterocycles. The molecule has 0 bridgehead atoms. The number of hydrogen-bond donors (Lipinski definition) is 0. The van der Waals surface area contributed by atoms with Gasteiger partial charge in [0.2, 0.25) is 5.91 Å². The number of aryl methyl sites for hydroxylation is 1. The summed E-state index contributed by atoms with van der Waals surface area (Å²) < 4.78 is 6.51. The number of carbonyl (C=O) groups excluding carboxylic acids is 2. The van der Waals surface area contributed by atoms with Gasteiger partial charge in [-0.3, -0.25) is 9.59 Å². The number of rotatable bonds is 3. The molecule has 0 unspecified atom stereocenters. The number of para-hydroxylation sites is 1. The van der Waals surface area contributed by atoms with E-state index in [0.29, 0.717) is 25.2 Å². The summed E-state index contributed by atoms with van der Waals surface area (Å²) in [5.41, 5.74) is 2.12. The lowest BCUT2D eigenvalue weighted by Crippen LogP contribution is -2.52. The third-order valence-electron chi connectivity index (χ3n) is 6.29. The fraction of sp³-hybridized carbons (Fsp3) is 0.458. The standard InChI is InChI=1S/C24H29N3O3/c1-17-7-6-9-20(25-17)23(29)27-13-11-24(12-14-27)16-18(15-22(28)26(2)3)19-8-4-5-10-21(19)30-24/h4-10,18H,11-16H2,1-3H3/t18-/m0/s1. The zero-order chi connectivity index (χ0) is 21.3. The lowest BCUT2D eigenvalue weighted by atomic mass is 9.76. The van der Waals surface area contributed by atoms with E-state index >= 15 is 0 Å². The average molecular weight is 408 g/mol. The number of pyridine rings is 1. The van der Waals surface area contributed by atoms with Gasteiger partial charge in [0.25, 0.3) is 5.91 Å². The number of likely N-dealkylation sites (tertiary alicyclic amines) is 1. The summed E-state index contributed by atoms with van der Waals surface area (Å²) in [6, 6.07) is 13.6. The second kappa shape index (κ2) is 8.09. The maximum Gasteiger partial charge on any atom is 0.272 e. The highest BCUT2D eigenvalue weighted by Gasteiger charge is 2.44. The van der Waals surface area contributed by atoms with E-state index in [1.807, 2.05) is 42.2 Å². The highest BCUT2D eigenvalue weighted by atomic mass is 16.5. The highest BCUT2D eigenvalue weighted by Crippen LogP contribution is 2.46. The number of aromatic nitrogens is 1. The topological polar surface area (TPSA) is 62.7 Å². The van der Waals surface area contributed by atoms with Crippen LogP contribution in [0, 0.1) is 6.92 Å². The summed E-state index contributed by atoms with van der Waals surface area (Å²) >= 11 is 0. The Kier molecular flexibility index (Phi) is 5.50. The summed E-state index contributed by atoms with van der Waals surface area (Å²) in [7, 11) is 3.60. The molecule has 6 heteroatoms. The van der Waals surface area contributed by atoms with Gasteiger partial charge in [0.1, 0.15) is 17.0 Å². The Balaban J connectivity index is 1.50. The third kappa shape index (κ3) is 4.04. The fourth-order valence-electron chi connectivity index (χ4n) is 4.57. The molecular weight excluding hydrogens is 378 g/mol. The lowest BCUT2D eigenvalue weighted by molar-refractivity contribution is -0.129. The molecule has 2 amide bonds. The van der Waals surface area contributed by atoms with Crippen molar-refractivity contribution in [3.63, 3.8) is 0 Å². The Hall–Kier alpha value is -2.89. The van der Waals surface area contributed by atoms with E-state index in [4.69, 9.17) is 4.74 Å². The minimum Gasteiger partial charge on any atom is -0.487 e. The molecule has 1 aromatic heterocycles. The number of ether oxygens (including phenoxy) is 1. The Morgan fingerprint density at radius 1 is 1.13 bits per heavy atom. The van der Waals surface area contributed by atoms with Gasteiger partial charge in [0.15, 0.2) is 0 Å². The van der Waals surface area contributed by atoms with Gasteiger partial charge in [-0.1, -0.05) is 24.3 Å². The van der Waals surface area contributed by atoms with Crippen molar-refractivity contribution in [1.29, 1.82) is 0 Å². The molecule has 4 rings (SSSR count). The van der Waals surface area contributed by atoms with Crippen LogP contribution in [0.4, 0.5) is 0 Å². The summed E-state index contributed by atoms with van der Waals surface area (Å²) in [4.78, 5) is 33.2. The molecule has 0 aliphatic carbocycles.